The summed E-state index contributed by atoms with van der Waals surface area (Å²) in [7, 11) is -4.01. The maximum absolute atomic E-state index is 13.2. The zero-order valence-electron chi connectivity index (χ0n) is 16.5. The predicted octanol–water partition coefficient (Wildman–Crippen LogP) is 7.47. The zero-order chi connectivity index (χ0) is 21.9. The summed E-state index contributed by atoms with van der Waals surface area (Å²) >= 11 is 18.2. The van der Waals surface area contributed by atoms with E-state index in [4.69, 9.17) is 39.2 Å². The lowest BCUT2D eigenvalue weighted by atomic mass is 9.87. The van der Waals surface area contributed by atoms with E-state index >= 15 is 0 Å². The minimum absolute atomic E-state index is 0.00167. The summed E-state index contributed by atoms with van der Waals surface area (Å²) in [6, 6.07) is 12.0. The molecule has 4 aromatic rings. The van der Waals surface area contributed by atoms with Gasteiger partial charge < -0.3 is 4.42 Å². The van der Waals surface area contributed by atoms with Gasteiger partial charge in [0, 0.05) is 28.1 Å². The Morgan fingerprint density at radius 3 is 2.45 bits per heavy atom. The normalized spacial score (nSPS) is 16.6. The Morgan fingerprint density at radius 2 is 1.68 bits per heavy atom. The van der Waals surface area contributed by atoms with Crippen molar-refractivity contribution in [3.63, 3.8) is 0 Å². The molecule has 1 aliphatic rings. The second-order valence-corrected chi connectivity index (χ2v) is 10.9. The average molecular weight is 495 g/mol. The molecule has 4 nitrogen and oxygen atoms in total. The van der Waals surface area contributed by atoms with Gasteiger partial charge in [-0.25, -0.2) is 8.42 Å². The van der Waals surface area contributed by atoms with Gasteiger partial charge in [0.05, 0.1) is 20.8 Å². The molecule has 1 atom stereocenters. The molecule has 1 aromatic heterocycles. The zero-order valence-corrected chi connectivity index (χ0v) is 19.6. The first-order valence-corrected chi connectivity index (χ1v) is 12.5. The number of hydrogen-bond donors (Lipinski definition) is 1. The average Bonchev–Trinajstić information content (AvgIpc) is 3.08. The van der Waals surface area contributed by atoms with Crippen LogP contribution in [0.4, 0.5) is 5.69 Å². The largest absolute Gasteiger partial charge is 0.460 e. The molecule has 8 heteroatoms. The number of fused-ring (bicyclic) bond motifs is 5. The van der Waals surface area contributed by atoms with Crippen molar-refractivity contribution < 1.29 is 12.8 Å². The van der Waals surface area contributed by atoms with E-state index in [1.54, 1.807) is 0 Å². The quantitative estimate of drug-likeness (QED) is 0.300. The van der Waals surface area contributed by atoms with Crippen molar-refractivity contribution in [2.45, 2.75) is 31.1 Å². The van der Waals surface area contributed by atoms with Crippen LogP contribution < -0.4 is 4.72 Å². The fraction of sp³-hybridized carbons (Fsp3) is 0.217. The molecule has 0 radical (unpaired) electrons. The molecule has 160 valence electrons. The second kappa shape index (κ2) is 7.59. The molecular weight excluding hydrogens is 477 g/mol. The highest BCUT2D eigenvalue weighted by Gasteiger charge is 2.26. The fourth-order valence-corrected chi connectivity index (χ4v) is 6.34. The Bertz CT molecular complexity index is 1460. The van der Waals surface area contributed by atoms with Gasteiger partial charge in [0.1, 0.15) is 16.2 Å². The number of hydrogen-bond acceptors (Lipinski definition) is 3. The highest BCUT2D eigenvalue weighted by atomic mass is 35.5. The molecule has 1 heterocycles. The SMILES string of the molecule is CC1CCc2oc3c(cc(NS(=O)(=O)c4cc(Cl)c(Cl)cc4Cl)c4ccccc43)c2C1. The minimum Gasteiger partial charge on any atom is -0.460 e. The van der Waals surface area contributed by atoms with Crippen LogP contribution in [0.1, 0.15) is 24.7 Å². The molecule has 0 saturated carbocycles. The monoisotopic (exact) mass is 493 g/mol. The summed E-state index contributed by atoms with van der Waals surface area (Å²) in [4.78, 5) is -0.129. The van der Waals surface area contributed by atoms with Gasteiger partial charge >= 0.3 is 0 Å². The van der Waals surface area contributed by atoms with Crippen molar-refractivity contribution >= 4 is 72.3 Å². The summed E-state index contributed by atoms with van der Waals surface area (Å²) in [5.41, 5.74) is 2.42. The Hall–Kier alpha value is -1.92. The van der Waals surface area contributed by atoms with Gasteiger partial charge in [-0.15, -0.1) is 0 Å². The van der Waals surface area contributed by atoms with E-state index < -0.39 is 10.0 Å². The van der Waals surface area contributed by atoms with Crippen LogP contribution in [0.2, 0.25) is 15.1 Å². The first-order valence-electron chi connectivity index (χ1n) is 9.88. The van der Waals surface area contributed by atoms with Crippen molar-refractivity contribution in [1.29, 1.82) is 0 Å². The van der Waals surface area contributed by atoms with E-state index in [-0.39, 0.29) is 20.0 Å². The fourth-order valence-electron chi connectivity index (χ4n) is 4.27. The van der Waals surface area contributed by atoms with Crippen molar-refractivity contribution in [2.75, 3.05) is 4.72 Å². The number of nitrogens with one attached hydrogen (secondary N) is 1. The lowest BCUT2D eigenvalue weighted by Crippen LogP contribution is -2.14. The first-order chi connectivity index (χ1) is 14.7. The van der Waals surface area contributed by atoms with Gasteiger partial charge in [0.25, 0.3) is 10.0 Å². The number of furan rings is 1. The summed E-state index contributed by atoms with van der Waals surface area (Å²) < 4.78 is 35.4. The molecule has 1 unspecified atom stereocenters. The van der Waals surface area contributed by atoms with Gasteiger partial charge in [0.2, 0.25) is 0 Å². The third kappa shape index (κ3) is 3.58. The van der Waals surface area contributed by atoms with Gasteiger partial charge in [0.15, 0.2) is 0 Å². The van der Waals surface area contributed by atoms with Crippen LogP contribution in [-0.4, -0.2) is 8.42 Å². The Morgan fingerprint density at radius 1 is 0.968 bits per heavy atom. The van der Waals surface area contributed by atoms with Gasteiger partial charge in [-0.05, 0) is 37.0 Å². The van der Waals surface area contributed by atoms with Crippen LogP contribution in [0, 0.1) is 5.92 Å². The Balaban J connectivity index is 1.71. The molecule has 3 aromatic carbocycles. The molecule has 5 rings (SSSR count). The lowest BCUT2D eigenvalue weighted by Gasteiger charge is -2.17. The van der Waals surface area contributed by atoms with Gasteiger partial charge in [-0.1, -0.05) is 66.0 Å². The van der Waals surface area contributed by atoms with Crippen LogP contribution in [0.25, 0.3) is 21.7 Å². The topological polar surface area (TPSA) is 59.3 Å². The molecular formula is C23H18Cl3NO3S. The predicted molar refractivity (Wildman–Crippen MR) is 127 cm³/mol. The maximum Gasteiger partial charge on any atom is 0.263 e. The molecule has 1 aliphatic carbocycles. The van der Waals surface area contributed by atoms with E-state index in [1.807, 2.05) is 30.3 Å². The van der Waals surface area contributed by atoms with Crippen LogP contribution in [0.5, 0.6) is 0 Å². The Kier molecular flexibility index (Phi) is 5.13. The van der Waals surface area contributed by atoms with Crippen LogP contribution in [0.3, 0.4) is 0 Å². The van der Waals surface area contributed by atoms with E-state index in [1.165, 1.54) is 12.1 Å². The highest BCUT2D eigenvalue weighted by Crippen LogP contribution is 2.41. The second-order valence-electron chi connectivity index (χ2n) is 8.00. The van der Waals surface area contributed by atoms with E-state index in [0.717, 1.165) is 52.3 Å². The molecule has 0 saturated heterocycles. The summed E-state index contributed by atoms with van der Waals surface area (Å²) in [6.45, 7) is 2.22. The molecule has 1 N–H and O–H groups in total. The molecule has 0 aliphatic heterocycles. The minimum atomic E-state index is -4.01. The van der Waals surface area contributed by atoms with Gasteiger partial charge in [-0.2, -0.15) is 0 Å². The smallest absolute Gasteiger partial charge is 0.263 e. The van der Waals surface area contributed by atoms with Gasteiger partial charge in [-0.3, -0.25) is 4.72 Å². The van der Waals surface area contributed by atoms with Crippen LogP contribution >= 0.6 is 34.8 Å². The summed E-state index contributed by atoms with van der Waals surface area (Å²) in [5.74, 6) is 1.54. The third-order valence-corrected chi connectivity index (χ3v) is 8.36. The summed E-state index contributed by atoms with van der Waals surface area (Å²) in [6.07, 6.45) is 2.88. The number of rotatable bonds is 3. The molecule has 0 spiro atoms. The van der Waals surface area contributed by atoms with Crippen LogP contribution in [0.15, 0.2) is 51.8 Å². The van der Waals surface area contributed by atoms with Crippen molar-refractivity contribution in [2.24, 2.45) is 5.92 Å². The van der Waals surface area contributed by atoms with E-state index in [2.05, 4.69) is 11.6 Å². The maximum atomic E-state index is 13.2. The number of sulfonamides is 1. The van der Waals surface area contributed by atoms with Crippen molar-refractivity contribution in [3.05, 3.63) is 68.9 Å². The molecule has 0 fully saturated rings. The molecule has 31 heavy (non-hydrogen) atoms. The molecule has 0 amide bonds. The van der Waals surface area contributed by atoms with Crippen molar-refractivity contribution in [1.82, 2.24) is 0 Å². The third-order valence-electron chi connectivity index (χ3n) is 5.81. The van der Waals surface area contributed by atoms with Crippen LogP contribution in [-0.2, 0) is 22.9 Å². The number of anilines is 1. The first kappa shape index (κ1) is 21.0. The highest BCUT2D eigenvalue weighted by molar-refractivity contribution is 7.92. The van der Waals surface area contributed by atoms with E-state index in [0.29, 0.717) is 11.6 Å². The van der Waals surface area contributed by atoms with E-state index in [9.17, 15) is 8.42 Å². The standard InChI is InChI=1S/C23H18Cl3NO3S/c1-12-6-7-21-15(8-12)16-9-20(13-4-2-3-5-14(13)23(16)30-21)27-31(28,29)22-11-18(25)17(24)10-19(22)26/h2-5,9-12,27H,6-8H2,1H3. The lowest BCUT2D eigenvalue weighted by molar-refractivity contribution is 0.439. The number of aryl methyl sites for hydroxylation is 1. The van der Waals surface area contributed by atoms with Crippen molar-refractivity contribution in [3.8, 4) is 0 Å². The number of benzene rings is 3. The summed E-state index contributed by atoms with van der Waals surface area (Å²) in [5, 5.41) is 2.86. The number of halogens is 3. The Labute approximate surface area is 195 Å². The molecule has 0 bridgehead atoms.